The third-order valence-corrected chi connectivity index (χ3v) is 7.15. The zero-order valence-corrected chi connectivity index (χ0v) is 21.6. The number of guanidine groups is 1. The summed E-state index contributed by atoms with van der Waals surface area (Å²) in [6.45, 7) is 13.1. The number of halogens is 1. The maximum Gasteiger partial charge on any atom is 0.216 e. The molecule has 0 saturated carbocycles. The molecule has 0 bridgehead atoms. The van der Waals surface area contributed by atoms with Crippen molar-refractivity contribution in [1.82, 2.24) is 19.4 Å². The predicted molar refractivity (Wildman–Crippen MR) is 130 cm³/mol. The number of hydrogen-bond donors (Lipinski definition) is 1. The first-order valence-electron chi connectivity index (χ1n) is 10.6. The van der Waals surface area contributed by atoms with Gasteiger partial charge < -0.3 is 19.9 Å². The quantitative estimate of drug-likeness (QED) is 0.267. The maximum absolute atomic E-state index is 12.5. The van der Waals surface area contributed by atoms with Gasteiger partial charge in [-0.1, -0.05) is 6.92 Å². The number of ether oxygens (including phenoxy) is 1. The molecule has 0 amide bonds. The highest BCUT2D eigenvalue weighted by Gasteiger charge is 2.28. The third kappa shape index (κ3) is 9.24. The van der Waals surface area contributed by atoms with Crippen molar-refractivity contribution in [1.29, 1.82) is 0 Å². The van der Waals surface area contributed by atoms with E-state index in [-0.39, 0.29) is 42.4 Å². The van der Waals surface area contributed by atoms with Crippen molar-refractivity contribution in [3.8, 4) is 0 Å². The summed E-state index contributed by atoms with van der Waals surface area (Å²) in [5, 5.41) is 3.47. The molecule has 2 saturated heterocycles. The molecular formula is C19H40IN5O3S. The van der Waals surface area contributed by atoms with Crippen molar-refractivity contribution in [3.05, 3.63) is 0 Å². The Bertz CT molecular complexity index is 589. The van der Waals surface area contributed by atoms with E-state index >= 15 is 0 Å². The van der Waals surface area contributed by atoms with Crippen LogP contribution < -0.4 is 5.32 Å². The summed E-state index contributed by atoms with van der Waals surface area (Å²) in [5.74, 6) is 1.47. The number of sulfonamides is 1. The molecular weight excluding hydrogens is 505 g/mol. The van der Waals surface area contributed by atoms with Crippen molar-refractivity contribution in [2.45, 2.75) is 39.7 Å². The van der Waals surface area contributed by atoms with Gasteiger partial charge in [0.15, 0.2) is 5.96 Å². The predicted octanol–water partition coefficient (Wildman–Crippen LogP) is 1.28. The van der Waals surface area contributed by atoms with Crippen LogP contribution in [0, 0.1) is 5.92 Å². The van der Waals surface area contributed by atoms with Gasteiger partial charge in [-0.3, -0.25) is 4.99 Å². The van der Waals surface area contributed by atoms with E-state index < -0.39 is 10.0 Å². The Morgan fingerprint density at radius 2 is 1.69 bits per heavy atom. The Hall–Kier alpha value is -0.170. The second kappa shape index (κ2) is 13.3. The van der Waals surface area contributed by atoms with Crippen LogP contribution in [0.2, 0.25) is 0 Å². The summed E-state index contributed by atoms with van der Waals surface area (Å²) < 4.78 is 31.9. The number of hydrogen-bond acceptors (Lipinski definition) is 5. The fraction of sp³-hybridized carbons (Fsp3) is 0.947. The van der Waals surface area contributed by atoms with Gasteiger partial charge in [0, 0.05) is 46.3 Å². The molecule has 2 aliphatic rings. The number of likely N-dealkylation sites (tertiary alicyclic amines) is 1. The lowest BCUT2D eigenvalue weighted by atomic mass is 10.1. The van der Waals surface area contributed by atoms with E-state index in [4.69, 9.17) is 4.74 Å². The second-order valence-electron chi connectivity index (χ2n) is 8.16. The smallest absolute Gasteiger partial charge is 0.216 e. The van der Waals surface area contributed by atoms with Gasteiger partial charge in [0.2, 0.25) is 10.0 Å². The van der Waals surface area contributed by atoms with Crippen molar-refractivity contribution >= 4 is 40.0 Å². The first-order chi connectivity index (χ1) is 13.3. The molecule has 8 nitrogen and oxygen atoms in total. The molecule has 29 heavy (non-hydrogen) atoms. The number of nitrogens with zero attached hydrogens (tertiary/aromatic N) is 4. The molecule has 2 rings (SSSR count). The molecule has 1 unspecified atom stereocenters. The van der Waals surface area contributed by atoms with Gasteiger partial charge in [-0.05, 0) is 45.7 Å². The maximum atomic E-state index is 12.5. The summed E-state index contributed by atoms with van der Waals surface area (Å²) in [4.78, 5) is 9.08. The van der Waals surface area contributed by atoms with E-state index in [9.17, 15) is 8.42 Å². The minimum absolute atomic E-state index is 0. The SMILES string of the molecule is CN=C(NCC(C)CN1CCCC1)N1CCN(S(=O)(=O)CCOC(C)C)CC1.I. The molecule has 0 spiro atoms. The van der Waals surface area contributed by atoms with E-state index in [1.54, 1.807) is 11.4 Å². The van der Waals surface area contributed by atoms with Crippen LogP contribution in [-0.4, -0.2) is 106 Å². The van der Waals surface area contributed by atoms with Gasteiger partial charge in [-0.25, -0.2) is 8.42 Å². The topological polar surface area (TPSA) is 77.5 Å². The van der Waals surface area contributed by atoms with Crippen LogP contribution >= 0.6 is 24.0 Å². The second-order valence-corrected chi connectivity index (χ2v) is 10.3. The molecule has 0 aromatic carbocycles. The number of rotatable bonds is 9. The zero-order chi connectivity index (χ0) is 20.6. The summed E-state index contributed by atoms with van der Waals surface area (Å²) >= 11 is 0. The normalized spacial score (nSPS) is 20.7. The molecule has 0 aromatic heterocycles. The minimum Gasteiger partial charge on any atom is -0.378 e. The highest BCUT2D eigenvalue weighted by atomic mass is 127. The Labute approximate surface area is 194 Å². The van der Waals surface area contributed by atoms with Crippen LogP contribution in [0.15, 0.2) is 4.99 Å². The summed E-state index contributed by atoms with van der Waals surface area (Å²) in [6.07, 6.45) is 2.69. The van der Waals surface area contributed by atoms with Gasteiger partial charge >= 0.3 is 0 Å². The van der Waals surface area contributed by atoms with Crippen LogP contribution in [-0.2, 0) is 14.8 Å². The van der Waals surface area contributed by atoms with Crippen molar-refractivity contribution in [2.24, 2.45) is 10.9 Å². The molecule has 1 N–H and O–H groups in total. The van der Waals surface area contributed by atoms with Crippen LogP contribution in [0.25, 0.3) is 0 Å². The monoisotopic (exact) mass is 545 g/mol. The molecule has 0 aromatic rings. The first-order valence-corrected chi connectivity index (χ1v) is 12.2. The highest BCUT2D eigenvalue weighted by molar-refractivity contribution is 14.0. The van der Waals surface area contributed by atoms with Crippen molar-refractivity contribution in [2.75, 3.05) is 71.8 Å². The fourth-order valence-corrected chi connectivity index (χ4v) is 5.05. The summed E-state index contributed by atoms with van der Waals surface area (Å²) in [6, 6.07) is 0. The van der Waals surface area contributed by atoms with Gasteiger partial charge in [0.25, 0.3) is 0 Å². The van der Waals surface area contributed by atoms with Crippen LogP contribution in [0.4, 0.5) is 0 Å². The lowest BCUT2D eigenvalue weighted by molar-refractivity contribution is 0.0904. The minimum atomic E-state index is -3.26. The molecule has 172 valence electrons. The lowest BCUT2D eigenvalue weighted by Crippen LogP contribution is -2.54. The van der Waals surface area contributed by atoms with Crippen LogP contribution in [0.5, 0.6) is 0 Å². The standard InChI is InChI=1S/C19H39N5O3S.HI/c1-17(2)27-13-14-28(25,26)24-11-9-23(10-12-24)19(20-4)21-15-18(3)16-22-7-5-6-8-22;/h17-18H,5-16H2,1-4H3,(H,20,21);1H. The van der Waals surface area contributed by atoms with E-state index in [0.717, 1.165) is 19.0 Å². The average molecular weight is 546 g/mol. The summed E-state index contributed by atoms with van der Waals surface area (Å²) in [5.41, 5.74) is 0. The third-order valence-electron chi connectivity index (χ3n) is 5.31. The van der Waals surface area contributed by atoms with Crippen LogP contribution in [0.1, 0.15) is 33.6 Å². The molecule has 2 fully saturated rings. The fourth-order valence-electron chi connectivity index (χ4n) is 3.76. The largest absolute Gasteiger partial charge is 0.378 e. The molecule has 2 aliphatic heterocycles. The molecule has 10 heteroatoms. The Balaban J connectivity index is 0.00000420. The molecule has 0 radical (unpaired) electrons. The van der Waals surface area contributed by atoms with Gasteiger partial charge in [-0.15, -0.1) is 24.0 Å². The van der Waals surface area contributed by atoms with Gasteiger partial charge in [0.05, 0.1) is 18.5 Å². The Morgan fingerprint density at radius 1 is 1.07 bits per heavy atom. The lowest BCUT2D eigenvalue weighted by Gasteiger charge is -2.36. The highest BCUT2D eigenvalue weighted by Crippen LogP contribution is 2.11. The van der Waals surface area contributed by atoms with Crippen LogP contribution in [0.3, 0.4) is 0 Å². The number of nitrogens with one attached hydrogen (secondary N) is 1. The number of piperazine rings is 1. The van der Waals surface area contributed by atoms with E-state index in [0.29, 0.717) is 32.1 Å². The summed E-state index contributed by atoms with van der Waals surface area (Å²) in [7, 11) is -1.47. The van der Waals surface area contributed by atoms with Gasteiger partial charge in [-0.2, -0.15) is 4.31 Å². The van der Waals surface area contributed by atoms with Gasteiger partial charge in [0.1, 0.15) is 0 Å². The van der Waals surface area contributed by atoms with Crippen molar-refractivity contribution < 1.29 is 13.2 Å². The average Bonchev–Trinajstić information content (AvgIpc) is 3.15. The first kappa shape index (κ1) is 26.9. The van der Waals surface area contributed by atoms with Crippen molar-refractivity contribution in [3.63, 3.8) is 0 Å². The Kier molecular flexibility index (Phi) is 12.3. The zero-order valence-electron chi connectivity index (χ0n) is 18.5. The molecule has 2 heterocycles. The van der Waals surface area contributed by atoms with E-state index in [2.05, 4.69) is 27.0 Å². The molecule has 1 atom stereocenters. The Morgan fingerprint density at radius 3 is 2.24 bits per heavy atom. The number of aliphatic imine (C=N–C) groups is 1. The molecule has 0 aliphatic carbocycles. The van der Waals surface area contributed by atoms with E-state index in [1.165, 1.54) is 25.9 Å². The van der Waals surface area contributed by atoms with E-state index in [1.807, 2.05) is 13.8 Å².